The summed E-state index contributed by atoms with van der Waals surface area (Å²) in [6.07, 6.45) is 4.15. The van der Waals surface area contributed by atoms with Crippen molar-refractivity contribution in [3.05, 3.63) is 41.7 Å². The molecular weight excluding hydrogens is 202 g/mol. The van der Waals surface area contributed by atoms with E-state index in [2.05, 4.69) is 0 Å². The Hall–Kier alpha value is -1.77. The highest BCUT2D eigenvalue weighted by Crippen LogP contribution is 2.14. The van der Waals surface area contributed by atoms with Crippen LogP contribution in [0.1, 0.15) is 18.4 Å². The second-order valence-corrected chi connectivity index (χ2v) is 3.90. The fourth-order valence-corrected chi connectivity index (χ4v) is 1.73. The molecule has 2 N–H and O–H groups in total. The summed E-state index contributed by atoms with van der Waals surface area (Å²) in [5.74, 6) is 0.541. The molecule has 0 aromatic heterocycles. The number of hydrogen-bond acceptors (Lipinski definition) is 3. The summed E-state index contributed by atoms with van der Waals surface area (Å²) in [7, 11) is 0. The van der Waals surface area contributed by atoms with E-state index in [4.69, 9.17) is 10.5 Å². The van der Waals surface area contributed by atoms with E-state index in [9.17, 15) is 4.79 Å². The van der Waals surface area contributed by atoms with Crippen molar-refractivity contribution in [2.75, 3.05) is 12.3 Å². The second-order valence-electron chi connectivity index (χ2n) is 3.90. The Balaban J connectivity index is 2.04. The van der Waals surface area contributed by atoms with Gasteiger partial charge >= 0.3 is 0 Å². The van der Waals surface area contributed by atoms with Crippen LogP contribution in [0.4, 0.5) is 5.69 Å². The Morgan fingerprint density at radius 2 is 2.31 bits per heavy atom. The molecule has 3 nitrogen and oxygen atoms in total. The van der Waals surface area contributed by atoms with Crippen LogP contribution in [0, 0.1) is 0 Å². The molecule has 1 heterocycles. The van der Waals surface area contributed by atoms with Crippen LogP contribution in [-0.4, -0.2) is 12.4 Å². The fourth-order valence-electron chi connectivity index (χ4n) is 1.73. The van der Waals surface area contributed by atoms with Gasteiger partial charge in [0.05, 0.1) is 6.61 Å². The number of benzene rings is 1. The molecule has 1 aliphatic rings. The molecule has 0 amide bonds. The van der Waals surface area contributed by atoms with Gasteiger partial charge in [-0.1, -0.05) is 12.1 Å². The Bertz CT molecular complexity index is 424. The molecule has 0 aliphatic carbocycles. The third-order valence-electron chi connectivity index (χ3n) is 2.53. The molecule has 0 radical (unpaired) electrons. The van der Waals surface area contributed by atoms with Gasteiger partial charge in [-0.15, -0.1) is 0 Å². The highest BCUT2D eigenvalue weighted by atomic mass is 16.5. The average molecular weight is 217 g/mol. The number of nitrogens with two attached hydrogens (primary N) is 1. The van der Waals surface area contributed by atoms with Crippen molar-refractivity contribution in [1.82, 2.24) is 0 Å². The van der Waals surface area contributed by atoms with E-state index in [1.165, 1.54) is 0 Å². The Morgan fingerprint density at radius 1 is 1.44 bits per heavy atom. The molecule has 1 aliphatic heterocycles. The van der Waals surface area contributed by atoms with Gasteiger partial charge in [0.1, 0.15) is 0 Å². The third-order valence-corrected chi connectivity index (χ3v) is 2.53. The minimum absolute atomic E-state index is 0.0327. The van der Waals surface area contributed by atoms with Crippen LogP contribution in [0.3, 0.4) is 0 Å². The molecule has 0 bridgehead atoms. The summed E-state index contributed by atoms with van der Waals surface area (Å²) in [6, 6.07) is 7.39. The van der Waals surface area contributed by atoms with Crippen molar-refractivity contribution in [2.45, 2.75) is 19.3 Å². The lowest BCUT2D eigenvalue weighted by atomic mass is 10.1. The average Bonchev–Trinajstić information content (AvgIpc) is 2.30. The monoisotopic (exact) mass is 217 g/mol. The molecule has 0 saturated carbocycles. The smallest absolute Gasteiger partial charge is 0.201 e. The van der Waals surface area contributed by atoms with E-state index in [-0.39, 0.29) is 5.78 Å². The van der Waals surface area contributed by atoms with Gasteiger partial charge in [0, 0.05) is 12.1 Å². The quantitative estimate of drug-likeness (QED) is 0.788. The van der Waals surface area contributed by atoms with Gasteiger partial charge in [-0.05, 0) is 36.6 Å². The molecule has 84 valence electrons. The van der Waals surface area contributed by atoms with E-state index in [1.54, 1.807) is 0 Å². The summed E-state index contributed by atoms with van der Waals surface area (Å²) < 4.78 is 5.32. The van der Waals surface area contributed by atoms with Gasteiger partial charge in [-0.2, -0.15) is 0 Å². The van der Waals surface area contributed by atoms with Crippen molar-refractivity contribution in [2.24, 2.45) is 0 Å². The van der Waals surface area contributed by atoms with E-state index in [1.807, 2.05) is 30.3 Å². The van der Waals surface area contributed by atoms with Crippen LogP contribution in [-0.2, 0) is 16.0 Å². The first kappa shape index (κ1) is 10.7. The van der Waals surface area contributed by atoms with Crippen molar-refractivity contribution < 1.29 is 9.53 Å². The predicted molar refractivity (Wildman–Crippen MR) is 62.8 cm³/mol. The highest BCUT2D eigenvalue weighted by Gasteiger charge is 2.14. The molecule has 0 spiro atoms. The highest BCUT2D eigenvalue weighted by molar-refractivity contribution is 5.95. The van der Waals surface area contributed by atoms with Gasteiger partial charge in [-0.3, -0.25) is 4.79 Å². The van der Waals surface area contributed by atoms with Gasteiger partial charge in [0.15, 0.2) is 5.76 Å². The number of Topliss-reactive ketones (excluding diaryl/α,β-unsaturated/α-hetero) is 1. The second kappa shape index (κ2) is 4.84. The van der Waals surface area contributed by atoms with Crippen LogP contribution in [0.5, 0.6) is 0 Å². The molecule has 0 fully saturated rings. The number of carbonyl (C=O) groups excluding carboxylic acids is 1. The molecule has 3 heteroatoms. The van der Waals surface area contributed by atoms with Crippen LogP contribution in [0.25, 0.3) is 0 Å². The topological polar surface area (TPSA) is 52.3 Å². The summed E-state index contributed by atoms with van der Waals surface area (Å²) >= 11 is 0. The molecule has 0 unspecified atom stereocenters. The Labute approximate surface area is 94.9 Å². The Morgan fingerprint density at radius 3 is 3.00 bits per heavy atom. The summed E-state index contributed by atoms with van der Waals surface area (Å²) in [5.41, 5.74) is 7.27. The maximum absolute atomic E-state index is 11.8. The van der Waals surface area contributed by atoms with Crippen LogP contribution < -0.4 is 5.73 Å². The third kappa shape index (κ3) is 2.63. The van der Waals surface area contributed by atoms with E-state index < -0.39 is 0 Å². The maximum Gasteiger partial charge on any atom is 0.201 e. The maximum atomic E-state index is 11.8. The molecular formula is C13H15NO2. The summed E-state index contributed by atoms with van der Waals surface area (Å²) in [4.78, 5) is 11.8. The van der Waals surface area contributed by atoms with E-state index >= 15 is 0 Å². The molecule has 2 rings (SSSR count). The molecule has 1 aromatic rings. The standard InChI is InChI=1S/C13H15NO2/c14-11-5-3-4-10(8-11)9-12(15)13-6-1-2-7-16-13/h3-6,8H,1-2,7,9,14H2. The van der Waals surface area contributed by atoms with Gasteiger partial charge in [0.25, 0.3) is 0 Å². The number of ether oxygens (including phenoxy) is 1. The molecule has 0 atom stereocenters. The van der Waals surface area contributed by atoms with E-state index in [0.717, 1.165) is 18.4 Å². The van der Waals surface area contributed by atoms with Crippen LogP contribution >= 0.6 is 0 Å². The Kier molecular flexibility index (Phi) is 3.25. The largest absolute Gasteiger partial charge is 0.490 e. The zero-order chi connectivity index (χ0) is 11.4. The van der Waals surface area contributed by atoms with E-state index in [0.29, 0.717) is 24.5 Å². The van der Waals surface area contributed by atoms with Crippen LogP contribution in [0.2, 0.25) is 0 Å². The summed E-state index contributed by atoms with van der Waals surface area (Å²) in [6.45, 7) is 0.647. The van der Waals surface area contributed by atoms with Crippen molar-refractivity contribution >= 4 is 11.5 Å². The minimum atomic E-state index is 0.0327. The normalized spacial score (nSPS) is 15.1. The van der Waals surface area contributed by atoms with Gasteiger partial charge in [-0.25, -0.2) is 0 Å². The number of carbonyl (C=O) groups is 1. The number of ketones is 1. The van der Waals surface area contributed by atoms with Gasteiger partial charge < -0.3 is 10.5 Å². The minimum Gasteiger partial charge on any atom is -0.490 e. The number of anilines is 1. The van der Waals surface area contributed by atoms with Crippen molar-refractivity contribution in [3.8, 4) is 0 Å². The number of hydrogen-bond donors (Lipinski definition) is 1. The predicted octanol–water partition coefficient (Wildman–Crippen LogP) is 2.07. The molecule has 1 aromatic carbocycles. The van der Waals surface area contributed by atoms with Crippen molar-refractivity contribution in [3.63, 3.8) is 0 Å². The SMILES string of the molecule is Nc1cccc(CC(=O)C2=CCCCO2)c1. The number of allylic oxidation sites excluding steroid dienone is 2. The van der Waals surface area contributed by atoms with Crippen LogP contribution in [0.15, 0.2) is 36.1 Å². The zero-order valence-electron chi connectivity index (χ0n) is 9.11. The van der Waals surface area contributed by atoms with Gasteiger partial charge in [0.2, 0.25) is 5.78 Å². The lowest BCUT2D eigenvalue weighted by molar-refractivity contribution is -0.118. The fraction of sp³-hybridized carbons (Fsp3) is 0.308. The first-order valence-corrected chi connectivity index (χ1v) is 5.46. The first-order chi connectivity index (χ1) is 7.75. The number of nitrogen functional groups attached to an aromatic ring is 1. The first-order valence-electron chi connectivity index (χ1n) is 5.46. The van der Waals surface area contributed by atoms with Crippen molar-refractivity contribution in [1.29, 1.82) is 0 Å². The summed E-state index contributed by atoms with van der Waals surface area (Å²) in [5, 5.41) is 0. The zero-order valence-corrected chi connectivity index (χ0v) is 9.11. The number of rotatable bonds is 3. The lowest BCUT2D eigenvalue weighted by Gasteiger charge is -2.13. The molecule has 16 heavy (non-hydrogen) atoms. The molecule has 0 saturated heterocycles. The lowest BCUT2D eigenvalue weighted by Crippen LogP contribution is -2.13.